The molecule has 3 aromatic carbocycles. The summed E-state index contributed by atoms with van der Waals surface area (Å²) in [5.41, 5.74) is 7.95. The quantitative estimate of drug-likeness (QED) is 0.470. The fraction of sp³-hybridized carbons (Fsp3) is 0.250. The summed E-state index contributed by atoms with van der Waals surface area (Å²) >= 11 is 1.44. The van der Waals surface area contributed by atoms with Crippen LogP contribution in [0.15, 0.2) is 64.6 Å². The second kappa shape index (κ2) is 9.96. The molecule has 2 aliphatic heterocycles. The van der Waals surface area contributed by atoms with Crippen LogP contribution in [0.5, 0.6) is 11.5 Å². The second-order valence-corrected chi connectivity index (χ2v) is 9.78. The zero-order chi connectivity index (χ0) is 24.4. The molecule has 2 aliphatic rings. The number of nitrogens with one attached hydrogen (secondary N) is 1. The van der Waals surface area contributed by atoms with E-state index >= 15 is 0 Å². The molecule has 35 heavy (non-hydrogen) atoms. The zero-order valence-corrected chi connectivity index (χ0v) is 20.9. The largest absolute Gasteiger partial charge is 0.486 e. The van der Waals surface area contributed by atoms with E-state index < -0.39 is 0 Å². The van der Waals surface area contributed by atoms with E-state index in [2.05, 4.69) is 62.5 Å². The molecular formula is C28H27N3O3S. The van der Waals surface area contributed by atoms with Crippen LogP contribution in [0.3, 0.4) is 0 Å². The summed E-state index contributed by atoms with van der Waals surface area (Å²) in [6, 6.07) is 18.0. The Labute approximate surface area is 209 Å². The molecule has 0 fully saturated rings. The van der Waals surface area contributed by atoms with Crippen LogP contribution in [0.2, 0.25) is 0 Å². The molecule has 0 radical (unpaired) electrons. The molecule has 6 nitrogen and oxygen atoms in total. The highest BCUT2D eigenvalue weighted by atomic mass is 32.2. The normalized spacial score (nSPS) is 14.4. The fourth-order valence-electron chi connectivity index (χ4n) is 3.93. The monoisotopic (exact) mass is 485 g/mol. The number of ether oxygens (including phenoxy) is 2. The Morgan fingerprint density at radius 2 is 1.57 bits per heavy atom. The summed E-state index contributed by atoms with van der Waals surface area (Å²) in [4.78, 5) is 22.7. The highest BCUT2D eigenvalue weighted by molar-refractivity contribution is 8.14. The van der Waals surface area contributed by atoms with Crippen LogP contribution in [0.25, 0.3) is 0 Å². The lowest BCUT2D eigenvalue weighted by Crippen LogP contribution is -2.18. The molecular weight excluding hydrogens is 458 g/mol. The molecule has 0 aromatic heterocycles. The van der Waals surface area contributed by atoms with Gasteiger partial charge in [0.25, 0.3) is 0 Å². The number of benzene rings is 3. The molecule has 7 heteroatoms. The first-order chi connectivity index (χ1) is 16.9. The topological polar surface area (TPSA) is 72.3 Å². The first-order valence-electron chi connectivity index (χ1n) is 11.6. The van der Waals surface area contributed by atoms with Crippen molar-refractivity contribution in [1.29, 1.82) is 0 Å². The molecule has 2 heterocycles. The second-order valence-electron chi connectivity index (χ2n) is 8.73. The maximum Gasteiger partial charge on any atom is 0.234 e. The summed E-state index contributed by atoms with van der Waals surface area (Å²) in [5.74, 6) is 1.49. The smallest absolute Gasteiger partial charge is 0.234 e. The Hall–Kier alpha value is -3.58. The van der Waals surface area contributed by atoms with E-state index in [0.29, 0.717) is 36.8 Å². The van der Waals surface area contributed by atoms with Gasteiger partial charge in [-0.15, -0.1) is 11.8 Å². The average Bonchev–Trinajstić information content (AvgIpc) is 3.02. The standard InChI is InChI=1S/C28H27N3O3S/c1-17-4-6-20(7-5-17)22-15-28(31-24-13-19(3)18(2)12-23(24)30-22)35-16-27(32)29-21-8-9-25-26(14-21)34-11-10-33-25/h4-9,12-14H,10-11,15-16H2,1-3H3,(H,29,32). The van der Waals surface area contributed by atoms with E-state index in [-0.39, 0.29) is 11.7 Å². The van der Waals surface area contributed by atoms with Gasteiger partial charge >= 0.3 is 0 Å². The number of carbonyl (C=O) groups is 1. The first-order valence-corrected chi connectivity index (χ1v) is 12.6. The molecule has 0 bridgehead atoms. The van der Waals surface area contributed by atoms with Crippen molar-refractivity contribution in [2.75, 3.05) is 24.3 Å². The van der Waals surface area contributed by atoms with Crippen molar-refractivity contribution in [1.82, 2.24) is 0 Å². The highest BCUT2D eigenvalue weighted by Crippen LogP contribution is 2.36. The Kier molecular flexibility index (Phi) is 6.59. The van der Waals surface area contributed by atoms with E-state index in [1.165, 1.54) is 28.5 Å². The number of aliphatic imine (C=N–C) groups is 2. The van der Waals surface area contributed by atoms with Crippen LogP contribution in [0, 0.1) is 20.8 Å². The van der Waals surface area contributed by atoms with Crippen molar-refractivity contribution in [3.8, 4) is 11.5 Å². The highest BCUT2D eigenvalue weighted by Gasteiger charge is 2.18. The molecule has 178 valence electrons. The third-order valence-electron chi connectivity index (χ3n) is 5.99. The zero-order valence-electron chi connectivity index (χ0n) is 20.1. The van der Waals surface area contributed by atoms with Gasteiger partial charge in [-0.05, 0) is 61.7 Å². The number of hydrogen-bond acceptors (Lipinski definition) is 6. The lowest BCUT2D eigenvalue weighted by molar-refractivity contribution is -0.113. The summed E-state index contributed by atoms with van der Waals surface area (Å²) in [6.45, 7) is 7.28. The Morgan fingerprint density at radius 3 is 2.31 bits per heavy atom. The predicted molar refractivity (Wildman–Crippen MR) is 144 cm³/mol. The van der Waals surface area contributed by atoms with Gasteiger partial charge in [0.1, 0.15) is 13.2 Å². The molecule has 0 saturated heterocycles. The molecule has 1 amide bonds. The Bertz CT molecular complexity index is 1350. The van der Waals surface area contributed by atoms with Gasteiger partial charge < -0.3 is 14.8 Å². The van der Waals surface area contributed by atoms with E-state index in [1.807, 2.05) is 12.1 Å². The fourth-order valence-corrected chi connectivity index (χ4v) is 4.70. The predicted octanol–water partition coefficient (Wildman–Crippen LogP) is 6.31. The number of fused-ring (bicyclic) bond motifs is 2. The SMILES string of the molecule is Cc1ccc(C2=Nc3cc(C)c(C)cc3N=C(SCC(=O)Nc3ccc4c(c3)OCCO4)C2)cc1. The van der Waals surface area contributed by atoms with Crippen LogP contribution in [0.1, 0.15) is 28.7 Å². The van der Waals surface area contributed by atoms with E-state index in [0.717, 1.165) is 27.7 Å². The van der Waals surface area contributed by atoms with Crippen molar-refractivity contribution in [3.05, 3.63) is 76.9 Å². The number of carbonyl (C=O) groups excluding carboxylic acids is 1. The maximum absolute atomic E-state index is 12.8. The van der Waals surface area contributed by atoms with Crippen LogP contribution in [-0.2, 0) is 4.79 Å². The number of nitrogens with zero attached hydrogens (tertiary/aromatic N) is 2. The number of anilines is 1. The number of amides is 1. The van der Waals surface area contributed by atoms with Crippen LogP contribution in [0.4, 0.5) is 17.1 Å². The minimum absolute atomic E-state index is 0.104. The Balaban J connectivity index is 1.35. The Morgan fingerprint density at radius 1 is 0.886 bits per heavy atom. The van der Waals surface area contributed by atoms with Crippen molar-refractivity contribution in [3.63, 3.8) is 0 Å². The minimum Gasteiger partial charge on any atom is -0.486 e. The van der Waals surface area contributed by atoms with E-state index in [9.17, 15) is 4.79 Å². The van der Waals surface area contributed by atoms with Gasteiger partial charge in [-0.2, -0.15) is 0 Å². The van der Waals surface area contributed by atoms with Crippen molar-refractivity contribution in [2.24, 2.45) is 9.98 Å². The van der Waals surface area contributed by atoms with Crippen LogP contribution < -0.4 is 14.8 Å². The molecule has 0 spiro atoms. The number of hydrogen-bond donors (Lipinski definition) is 1. The number of thioether (sulfide) groups is 1. The lowest BCUT2D eigenvalue weighted by Gasteiger charge is -2.19. The third-order valence-corrected chi connectivity index (χ3v) is 6.97. The van der Waals surface area contributed by atoms with Gasteiger partial charge in [-0.1, -0.05) is 29.8 Å². The van der Waals surface area contributed by atoms with Crippen molar-refractivity contribution in [2.45, 2.75) is 27.2 Å². The molecule has 0 atom stereocenters. The van der Waals surface area contributed by atoms with Crippen LogP contribution >= 0.6 is 11.8 Å². The van der Waals surface area contributed by atoms with Gasteiger partial charge in [-0.25, -0.2) is 4.99 Å². The van der Waals surface area contributed by atoms with E-state index in [4.69, 9.17) is 19.5 Å². The lowest BCUT2D eigenvalue weighted by atomic mass is 10.1. The molecule has 0 saturated carbocycles. The number of aryl methyl sites for hydroxylation is 3. The van der Waals surface area contributed by atoms with Gasteiger partial charge in [0.2, 0.25) is 5.91 Å². The molecule has 1 N–H and O–H groups in total. The van der Waals surface area contributed by atoms with E-state index in [1.54, 1.807) is 6.07 Å². The minimum atomic E-state index is -0.104. The third kappa shape index (κ3) is 5.41. The van der Waals surface area contributed by atoms with Crippen molar-refractivity contribution < 1.29 is 14.3 Å². The summed E-state index contributed by atoms with van der Waals surface area (Å²) < 4.78 is 11.2. The summed E-state index contributed by atoms with van der Waals surface area (Å²) in [7, 11) is 0. The molecule has 0 unspecified atom stereocenters. The summed E-state index contributed by atoms with van der Waals surface area (Å²) in [6.07, 6.45) is 0.567. The van der Waals surface area contributed by atoms with Gasteiger partial charge in [0, 0.05) is 18.2 Å². The van der Waals surface area contributed by atoms with Gasteiger partial charge in [-0.3, -0.25) is 9.79 Å². The summed E-state index contributed by atoms with van der Waals surface area (Å²) in [5, 5.41) is 3.82. The van der Waals surface area contributed by atoms with Gasteiger partial charge in [0.15, 0.2) is 11.5 Å². The van der Waals surface area contributed by atoms with Gasteiger partial charge in [0.05, 0.1) is 27.9 Å². The molecule has 5 rings (SSSR count). The molecule has 0 aliphatic carbocycles. The maximum atomic E-state index is 12.8. The van der Waals surface area contributed by atoms with Crippen LogP contribution in [-0.4, -0.2) is 35.6 Å². The number of rotatable bonds is 4. The van der Waals surface area contributed by atoms with Crippen molar-refractivity contribution >= 4 is 45.5 Å². The average molecular weight is 486 g/mol. The first kappa shape index (κ1) is 23.2. The molecule has 3 aromatic rings.